The number of ether oxygens (including phenoxy) is 1. The van der Waals surface area contributed by atoms with Crippen molar-refractivity contribution in [3.63, 3.8) is 0 Å². The minimum Gasteiger partial charge on any atom is -0.484 e. The molecule has 1 atom stereocenters. The van der Waals surface area contributed by atoms with Gasteiger partial charge in [0.05, 0.1) is 10.8 Å². The fraction of sp³-hybridized carbons (Fsp3) is 0.176. The van der Waals surface area contributed by atoms with E-state index in [9.17, 15) is 13.8 Å². The molecule has 0 spiro atoms. The van der Waals surface area contributed by atoms with Gasteiger partial charge in [-0.1, -0.05) is 24.3 Å². The van der Waals surface area contributed by atoms with Gasteiger partial charge in [-0.25, -0.2) is 0 Å². The molecular formula is C17H18N2O4S. The summed E-state index contributed by atoms with van der Waals surface area (Å²) in [4.78, 5) is 23.5. The molecule has 0 bridgehead atoms. The summed E-state index contributed by atoms with van der Waals surface area (Å²) in [5.41, 5.74) is 5.49. The second-order valence-electron chi connectivity index (χ2n) is 4.89. The predicted octanol–water partition coefficient (Wildman–Crippen LogP) is 1.09. The molecule has 0 saturated heterocycles. The number of carbonyl (C=O) groups excluding carboxylic acids is 2. The lowest BCUT2D eigenvalue weighted by Crippen LogP contribution is -2.32. The summed E-state index contributed by atoms with van der Waals surface area (Å²) in [6.45, 7) is 0.0885. The van der Waals surface area contributed by atoms with Crippen LogP contribution in [0.5, 0.6) is 5.75 Å². The molecule has 2 rings (SSSR count). The Morgan fingerprint density at radius 1 is 1.08 bits per heavy atom. The Morgan fingerprint density at radius 2 is 1.83 bits per heavy atom. The van der Waals surface area contributed by atoms with Crippen LogP contribution in [0.2, 0.25) is 0 Å². The Morgan fingerprint density at radius 3 is 2.54 bits per heavy atom. The smallest absolute Gasteiger partial charge is 0.257 e. The standard InChI is InChI=1S/C17H18N2O4S/c18-17(21)13-5-4-6-14(11-13)23-12-16(20)19-9-10-24(22)15-7-2-1-3-8-15/h1-8,11H,9-10,12H2,(H2,18,21)(H,19,20)/t24-/m0/s1. The first-order valence-electron chi connectivity index (χ1n) is 7.29. The van der Waals surface area contributed by atoms with Crippen LogP contribution in [-0.4, -0.2) is 34.9 Å². The third-order valence-corrected chi connectivity index (χ3v) is 4.48. The number of primary amides is 1. The van der Waals surface area contributed by atoms with Crippen LogP contribution in [-0.2, 0) is 15.6 Å². The fourth-order valence-corrected chi connectivity index (χ4v) is 2.90. The molecule has 0 heterocycles. The van der Waals surface area contributed by atoms with Gasteiger partial charge in [0.25, 0.3) is 5.91 Å². The number of benzene rings is 2. The Balaban J connectivity index is 1.73. The SMILES string of the molecule is NC(=O)c1cccc(OCC(=O)NCC[S@](=O)c2ccccc2)c1. The third kappa shape index (κ3) is 5.51. The van der Waals surface area contributed by atoms with E-state index in [0.29, 0.717) is 17.1 Å². The average molecular weight is 346 g/mol. The maximum absolute atomic E-state index is 12.0. The van der Waals surface area contributed by atoms with Crippen LogP contribution in [0.1, 0.15) is 10.4 Å². The summed E-state index contributed by atoms with van der Waals surface area (Å²) >= 11 is 0. The van der Waals surface area contributed by atoms with E-state index in [1.165, 1.54) is 6.07 Å². The summed E-state index contributed by atoms with van der Waals surface area (Å²) in [7, 11) is -1.16. The van der Waals surface area contributed by atoms with E-state index >= 15 is 0 Å². The van der Waals surface area contributed by atoms with Crippen molar-refractivity contribution in [2.75, 3.05) is 18.9 Å². The van der Waals surface area contributed by atoms with Gasteiger partial charge in [-0.05, 0) is 30.3 Å². The summed E-state index contributed by atoms with van der Waals surface area (Å²) in [5, 5.41) is 2.64. The number of nitrogens with two attached hydrogens (primary N) is 1. The first-order chi connectivity index (χ1) is 11.6. The molecule has 2 aromatic carbocycles. The highest BCUT2D eigenvalue weighted by Gasteiger charge is 2.07. The fourth-order valence-electron chi connectivity index (χ4n) is 1.91. The van der Waals surface area contributed by atoms with Crippen LogP contribution in [0.25, 0.3) is 0 Å². The summed E-state index contributed by atoms with van der Waals surface area (Å²) < 4.78 is 17.3. The highest BCUT2D eigenvalue weighted by Crippen LogP contribution is 2.12. The number of nitrogens with one attached hydrogen (secondary N) is 1. The van der Waals surface area contributed by atoms with Crippen molar-refractivity contribution in [3.05, 3.63) is 60.2 Å². The molecule has 0 aliphatic carbocycles. The zero-order chi connectivity index (χ0) is 17.4. The zero-order valence-corrected chi connectivity index (χ0v) is 13.8. The van der Waals surface area contributed by atoms with Gasteiger partial charge in [-0.15, -0.1) is 0 Å². The maximum Gasteiger partial charge on any atom is 0.257 e. The minimum absolute atomic E-state index is 0.194. The molecule has 2 amide bonds. The zero-order valence-electron chi connectivity index (χ0n) is 12.9. The van der Waals surface area contributed by atoms with Gasteiger partial charge in [0.1, 0.15) is 5.75 Å². The van der Waals surface area contributed by atoms with Gasteiger partial charge >= 0.3 is 0 Å². The van der Waals surface area contributed by atoms with E-state index in [0.717, 1.165) is 4.90 Å². The molecule has 0 saturated carbocycles. The maximum atomic E-state index is 12.0. The largest absolute Gasteiger partial charge is 0.484 e. The molecule has 0 unspecified atom stereocenters. The van der Waals surface area contributed by atoms with Crippen LogP contribution >= 0.6 is 0 Å². The number of carbonyl (C=O) groups is 2. The normalized spacial score (nSPS) is 11.5. The molecule has 0 fully saturated rings. The molecule has 0 aliphatic heterocycles. The average Bonchev–Trinajstić information content (AvgIpc) is 2.61. The molecule has 0 aliphatic rings. The second kappa shape index (κ2) is 8.83. The van der Waals surface area contributed by atoms with E-state index in [-0.39, 0.29) is 19.1 Å². The Hall–Kier alpha value is -2.67. The Kier molecular flexibility index (Phi) is 6.51. The quantitative estimate of drug-likeness (QED) is 0.747. The highest BCUT2D eigenvalue weighted by atomic mass is 32.2. The van der Waals surface area contributed by atoms with E-state index in [1.54, 1.807) is 30.3 Å². The lowest BCUT2D eigenvalue weighted by atomic mass is 10.2. The number of hydrogen-bond donors (Lipinski definition) is 2. The third-order valence-electron chi connectivity index (χ3n) is 3.10. The molecule has 24 heavy (non-hydrogen) atoms. The van der Waals surface area contributed by atoms with Crippen LogP contribution in [0, 0.1) is 0 Å². The summed E-state index contributed by atoms with van der Waals surface area (Å²) in [5.74, 6) is -0.181. The number of rotatable bonds is 8. The molecule has 0 aromatic heterocycles. The van der Waals surface area contributed by atoms with E-state index in [2.05, 4.69) is 5.32 Å². The Bertz CT molecular complexity index is 734. The Labute approximate surface area is 142 Å². The van der Waals surface area contributed by atoms with Gasteiger partial charge in [0, 0.05) is 22.8 Å². The molecule has 3 N–H and O–H groups in total. The van der Waals surface area contributed by atoms with Crippen molar-refractivity contribution in [2.45, 2.75) is 4.90 Å². The minimum atomic E-state index is -1.16. The summed E-state index contributed by atoms with van der Waals surface area (Å²) in [6.07, 6.45) is 0. The highest BCUT2D eigenvalue weighted by molar-refractivity contribution is 7.85. The first kappa shape index (κ1) is 17.7. The summed E-state index contributed by atoms with van der Waals surface area (Å²) in [6, 6.07) is 15.3. The van der Waals surface area contributed by atoms with Crippen LogP contribution in [0.3, 0.4) is 0 Å². The van der Waals surface area contributed by atoms with E-state index < -0.39 is 16.7 Å². The van der Waals surface area contributed by atoms with Gasteiger partial charge in [-0.2, -0.15) is 0 Å². The second-order valence-corrected chi connectivity index (χ2v) is 6.46. The van der Waals surface area contributed by atoms with Gasteiger partial charge in [0.15, 0.2) is 6.61 Å². The van der Waals surface area contributed by atoms with Gasteiger partial charge in [0.2, 0.25) is 5.91 Å². The van der Waals surface area contributed by atoms with Crippen LogP contribution < -0.4 is 15.8 Å². The van der Waals surface area contributed by atoms with Crippen molar-refractivity contribution in [1.29, 1.82) is 0 Å². The van der Waals surface area contributed by atoms with Gasteiger partial charge in [-0.3, -0.25) is 13.8 Å². The van der Waals surface area contributed by atoms with Crippen molar-refractivity contribution >= 4 is 22.6 Å². The molecule has 6 nitrogen and oxygen atoms in total. The topological polar surface area (TPSA) is 98.5 Å². The molecule has 7 heteroatoms. The lowest BCUT2D eigenvalue weighted by molar-refractivity contribution is -0.122. The molecule has 126 valence electrons. The first-order valence-corrected chi connectivity index (χ1v) is 8.61. The van der Waals surface area contributed by atoms with Crippen LogP contribution in [0.4, 0.5) is 0 Å². The molecule has 0 radical (unpaired) electrons. The molecule has 2 aromatic rings. The molecular weight excluding hydrogens is 328 g/mol. The number of amides is 2. The van der Waals surface area contributed by atoms with Crippen molar-refractivity contribution in [3.8, 4) is 5.75 Å². The van der Waals surface area contributed by atoms with E-state index in [1.807, 2.05) is 18.2 Å². The van der Waals surface area contributed by atoms with Gasteiger partial charge < -0.3 is 15.8 Å². The van der Waals surface area contributed by atoms with Crippen molar-refractivity contribution in [1.82, 2.24) is 5.32 Å². The lowest BCUT2D eigenvalue weighted by Gasteiger charge is -2.08. The van der Waals surface area contributed by atoms with Crippen LogP contribution in [0.15, 0.2) is 59.5 Å². The van der Waals surface area contributed by atoms with E-state index in [4.69, 9.17) is 10.5 Å². The monoisotopic (exact) mass is 346 g/mol. The number of hydrogen-bond acceptors (Lipinski definition) is 4. The predicted molar refractivity (Wildman–Crippen MR) is 91.2 cm³/mol. The van der Waals surface area contributed by atoms with Crippen molar-refractivity contribution < 1.29 is 18.5 Å². The van der Waals surface area contributed by atoms with Crippen molar-refractivity contribution in [2.24, 2.45) is 5.73 Å².